The van der Waals surface area contributed by atoms with Crippen LogP contribution in [0.2, 0.25) is 0 Å². The number of rotatable bonds is 5. The van der Waals surface area contributed by atoms with Crippen LogP contribution >= 0.6 is 11.8 Å². The number of nitrogens with one attached hydrogen (secondary N) is 2. The zero-order valence-corrected chi connectivity index (χ0v) is 15.6. The summed E-state index contributed by atoms with van der Waals surface area (Å²) in [6.45, 7) is 6.75. The van der Waals surface area contributed by atoms with E-state index < -0.39 is 4.75 Å². The van der Waals surface area contributed by atoms with Gasteiger partial charge in [-0.2, -0.15) is 5.01 Å². The molecule has 1 aliphatic rings. The topological polar surface area (TPSA) is 91.4 Å². The average molecular weight is 376 g/mol. The van der Waals surface area contributed by atoms with Crippen molar-refractivity contribution in [3.05, 3.63) is 42.1 Å². The molecule has 3 rings (SSSR count). The summed E-state index contributed by atoms with van der Waals surface area (Å²) >= 11 is 0.979. The van der Waals surface area contributed by atoms with Gasteiger partial charge in [-0.1, -0.05) is 42.1 Å². The van der Waals surface area contributed by atoms with Gasteiger partial charge in [0.05, 0.1) is 22.6 Å². The maximum atomic E-state index is 12.6. The van der Waals surface area contributed by atoms with Gasteiger partial charge in [-0.15, -0.1) is 0 Å². The van der Waals surface area contributed by atoms with E-state index in [4.69, 9.17) is 4.52 Å². The summed E-state index contributed by atoms with van der Waals surface area (Å²) in [6, 6.07) is 8.90. The van der Waals surface area contributed by atoms with Gasteiger partial charge in [0.2, 0.25) is 16.3 Å². The quantitative estimate of drug-likeness (QED) is 0.746. The molecule has 0 saturated carbocycles. The molecule has 0 atom stereocenters. The van der Waals surface area contributed by atoms with E-state index in [1.54, 1.807) is 49.1 Å². The van der Waals surface area contributed by atoms with E-state index >= 15 is 0 Å². The molecule has 1 aromatic heterocycles. The molecule has 0 radical (unpaired) electrons. The molecule has 2 aromatic rings. The van der Waals surface area contributed by atoms with Gasteiger partial charge >= 0.3 is 5.88 Å². The van der Waals surface area contributed by atoms with Crippen LogP contribution in [-0.4, -0.2) is 47.2 Å². The first kappa shape index (κ1) is 18.4. The van der Waals surface area contributed by atoms with E-state index in [1.807, 2.05) is 11.1 Å². The van der Waals surface area contributed by atoms with Gasteiger partial charge in [0.15, 0.2) is 0 Å². The largest absolute Gasteiger partial charge is 0.313 e. The molecule has 0 spiro atoms. The lowest BCUT2D eigenvalue weighted by molar-refractivity contribution is -0.758. The number of carbonyl (C=O) groups is 2. The molecule has 1 saturated heterocycles. The third-order valence-electron chi connectivity index (χ3n) is 3.98. The molecule has 0 bridgehead atoms. The van der Waals surface area contributed by atoms with Crippen molar-refractivity contribution >= 4 is 28.7 Å². The second-order valence-electron chi connectivity index (χ2n) is 6.41. The Kier molecular flexibility index (Phi) is 5.58. The van der Waals surface area contributed by atoms with Crippen molar-refractivity contribution in [2.45, 2.75) is 18.6 Å². The minimum absolute atomic E-state index is 0.154. The molecule has 0 aliphatic carbocycles. The van der Waals surface area contributed by atoms with Crippen LogP contribution in [0.4, 0.5) is 5.88 Å². The predicted octanol–water partition coefficient (Wildman–Crippen LogP) is 0.794. The van der Waals surface area contributed by atoms with Gasteiger partial charge in [0, 0.05) is 18.7 Å². The molecule has 8 nitrogen and oxygen atoms in total. The average Bonchev–Trinajstić information content (AvgIpc) is 3.11. The van der Waals surface area contributed by atoms with Gasteiger partial charge in [0.1, 0.15) is 0 Å². The van der Waals surface area contributed by atoms with Crippen molar-refractivity contribution in [1.82, 2.24) is 10.6 Å². The standard InChI is InChI=1S/C17H21N5O3S/c1-17(2,26-15(23)13-6-4-3-5-7-13)16(24)19-14-12-22(20-25-14)21-10-8-18-9-11-21/h3-7,12,18H,8-11H2,1-2H3/p+1. The molecule has 26 heavy (non-hydrogen) atoms. The summed E-state index contributed by atoms with van der Waals surface area (Å²) in [5.41, 5.74) is 0.564. The van der Waals surface area contributed by atoms with Crippen LogP contribution in [-0.2, 0) is 4.79 Å². The molecule has 138 valence electrons. The SMILES string of the molecule is CC(C)(SC(=O)c1ccccc1)C(=O)Nc1c[n+](N2CCNCC2)no1. The number of amides is 1. The monoisotopic (exact) mass is 376 g/mol. The van der Waals surface area contributed by atoms with Gasteiger partial charge in [-0.3, -0.25) is 19.4 Å². The molecule has 9 heteroatoms. The third-order valence-corrected chi connectivity index (χ3v) is 5.10. The summed E-state index contributed by atoms with van der Waals surface area (Å²) < 4.78 is 4.24. The molecular weight excluding hydrogens is 354 g/mol. The summed E-state index contributed by atoms with van der Waals surface area (Å²) in [6.07, 6.45) is 1.63. The van der Waals surface area contributed by atoms with Crippen molar-refractivity contribution in [1.29, 1.82) is 0 Å². The highest BCUT2D eigenvalue weighted by Crippen LogP contribution is 2.29. The number of nitrogens with zero attached hydrogens (tertiary/aromatic N) is 3. The number of thioether (sulfide) groups is 1. The highest BCUT2D eigenvalue weighted by molar-refractivity contribution is 8.15. The van der Waals surface area contributed by atoms with Crippen molar-refractivity contribution < 1.29 is 18.9 Å². The fourth-order valence-corrected chi connectivity index (χ4v) is 3.32. The van der Waals surface area contributed by atoms with Gasteiger partial charge in [-0.25, -0.2) is 0 Å². The zero-order valence-electron chi connectivity index (χ0n) is 14.8. The second-order valence-corrected chi connectivity index (χ2v) is 8.01. The van der Waals surface area contributed by atoms with Crippen LogP contribution in [0.1, 0.15) is 24.2 Å². The number of piperazine rings is 1. The Morgan fingerprint density at radius 1 is 1.27 bits per heavy atom. The lowest BCUT2D eigenvalue weighted by Crippen LogP contribution is -2.64. The minimum atomic E-state index is -0.959. The highest BCUT2D eigenvalue weighted by atomic mass is 32.2. The van der Waals surface area contributed by atoms with Crippen molar-refractivity contribution in [2.24, 2.45) is 0 Å². The Hall–Kier alpha value is -2.39. The Labute approximate surface area is 155 Å². The minimum Gasteiger partial charge on any atom is -0.313 e. The Morgan fingerprint density at radius 3 is 2.65 bits per heavy atom. The predicted molar refractivity (Wildman–Crippen MR) is 98.6 cm³/mol. The fraction of sp³-hybridized carbons (Fsp3) is 0.412. The van der Waals surface area contributed by atoms with Gasteiger partial charge in [-0.05, 0) is 13.8 Å². The van der Waals surface area contributed by atoms with E-state index in [9.17, 15) is 9.59 Å². The molecule has 1 aliphatic heterocycles. The Balaban J connectivity index is 1.61. The molecule has 1 fully saturated rings. The van der Waals surface area contributed by atoms with Crippen LogP contribution in [0.15, 0.2) is 41.1 Å². The maximum Gasteiger partial charge on any atom is 0.305 e. The number of carbonyl (C=O) groups excluding carboxylic acids is 2. The Bertz CT molecular complexity index is 772. The van der Waals surface area contributed by atoms with Crippen molar-refractivity contribution in [2.75, 3.05) is 36.5 Å². The van der Waals surface area contributed by atoms with Gasteiger partial charge < -0.3 is 5.32 Å². The summed E-state index contributed by atoms with van der Waals surface area (Å²) in [5, 5.41) is 11.7. The van der Waals surface area contributed by atoms with E-state index in [2.05, 4.69) is 15.9 Å². The number of anilines is 1. The van der Waals surface area contributed by atoms with Crippen LogP contribution < -0.4 is 20.4 Å². The number of hydrogen-bond acceptors (Lipinski definition) is 7. The molecule has 0 unspecified atom stereocenters. The normalized spacial score (nSPS) is 14.9. The smallest absolute Gasteiger partial charge is 0.305 e. The van der Waals surface area contributed by atoms with E-state index in [1.165, 1.54) is 0 Å². The van der Waals surface area contributed by atoms with Gasteiger partial charge in [0.25, 0.3) is 6.20 Å². The van der Waals surface area contributed by atoms with Crippen LogP contribution in [0, 0.1) is 0 Å². The van der Waals surface area contributed by atoms with Crippen molar-refractivity contribution in [3.63, 3.8) is 0 Å². The van der Waals surface area contributed by atoms with E-state index in [-0.39, 0.29) is 16.9 Å². The van der Waals surface area contributed by atoms with Crippen LogP contribution in [0.3, 0.4) is 0 Å². The summed E-state index contributed by atoms with van der Waals surface area (Å²) in [5.74, 6) is -0.0789. The first-order valence-corrected chi connectivity index (χ1v) is 9.22. The molecule has 1 amide bonds. The number of benzene rings is 1. The van der Waals surface area contributed by atoms with Crippen LogP contribution in [0.5, 0.6) is 0 Å². The third kappa shape index (κ3) is 4.41. The maximum absolute atomic E-state index is 12.6. The number of aromatic nitrogens is 2. The highest BCUT2D eigenvalue weighted by Gasteiger charge is 2.34. The van der Waals surface area contributed by atoms with Crippen LogP contribution in [0.25, 0.3) is 0 Å². The van der Waals surface area contributed by atoms with E-state index in [0.29, 0.717) is 5.56 Å². The summed E-state index contributed by atoms with van der Waals surface area (Å²) in [4.78, 5) is 26.5. The van der Waals surface area contributed by atoms with E-state index in [0.717, 1.165) is 37.9 Å². The zero-order chi connectivity index (χ0) is 18.6. The molecule has 2 N–H and O–H groups in total. The van der Waals surface area contributed by atoms with Crippen molar-refractivity contribution in [3.8, 4) is 0 Å². The number of hydrogen-bond donors (Lipinski definition) is 2. The summed E-state index contributed by atoms with van der Waals surface area (Å²) in [7, 11) is 0. The fourth-order valence-electron chi connectivity index (χ4n) is 2.46. The lowest BCUT2D eigenvalue weighted by Gasteiger charge is -2.20. The molecule has 2 heterocycles. The Morgan fingerprint density at radius 2 is 1.96 bits per heavy atom. The first-order chi connectivity index (χ1) is 12.5. The first-order valence-electron chi connectivity index (χ1n) is 8.40. The second kappa shape index (κ2) is 7.88. The molecule has 1 aromatic carbocycles. The lowest BCUT2D eigenvalue weighted by atomic mass is 10.2. The molecular formula is C17H22N5O3S+.